The smallest absolute Gasteiger partial charge is 0.255 e. The van der Waals surface area contributed by atoms with Crippen molar-refractivity contribution in [3.8, 4) is 0 Å². The number of benzene rings is 1. The van der Waals surface area contributed by atoms with Gasteiger partial charge in [0.05, 0.1) is 11.9 Å². The van der Waals surface area contributed by atoms with E-state index in [9.17, 15) is 4.79 Å². The molecule has 0 aliphatic rings. The number of carbonyl (C=O) groups excluding carboxylic acids is 1. The number of hydrogen-bond donors (Lipinski definition) is 1. The molecule has 4 nitrogen and oxygen atoms in total. The summed E-state index contributed by atoms with van der Waals surface area (Å²) in [5.74, 6) is -0.121. The van der Waals surface area contributed by atoms with E-state index >= 15 is 0 Å². The first kappa shape index (κ1) is 12.9. The molecule has 3 aromatic rings. The van der Waals surface area contributed by atoms with Gasteiger partial charge < -0.3 is 5.32 Å². The van der Waals surface area contributed by atoms with Crippen LogP contribution < -0.4 is 5.32 Å². The number of halogens is 1. The molecule has 0 unspecified atom stereocenters. The molecule has 0 bridgehead atoms. The molecule has 0 saturated heterocycles. The maximum Gasteiger partial charge on any atom is 0.255 e. The fourth-order valence-corrected chi connectivity index (χ4v) is 2.40. The van der Waals surface area contributed by atoms with Crippen LogP contribution in [0, 0.1) is 6.92 Å². The Morgan fingerprint density at radius 2 is 2.15 bits per heavy atom. The Balaban J connectivity index is 1.89. The molecule has 2 aromatic heterocycles. The number of nitrogens with one attached hydrogen (secondary N) is 1. The van der Waals surface area contributed by atoms with Crippen LogP contribution in [0.5, 0.6) is 0 Å². The number of nitrogens with zero attached hydrogens (tertiary/aromatic N) is 2. The minimum absolute atomic E-state index is 0.121. The second-order valence-electron chi connectivity index (χ2n) is 4.55. The average molecular weight is 330 g/mol. The van der Waals surface area contributed by atoms with Crippen molar-refractivity contribution in [3.63, 3.8) is 0 Å². The first-order chi connectivity index (χ1) is 9.63. The number of rotatable bonds is 2. The van der Waals surface area contributed by atoms with Gasteiger partial charge in [0, 0.05) is 11.8 Å². The van der Waals surface area contributed by atoms with Gasteiger partial charge in [0.2, 0.25) is 0 Å². The van der Waals surface area contributed by atoms with E-state index in [1.165, 1.54) is 0 Å². The molecule has 0 atom stereocenters. The lowest BCUT2D eigenvalue weighted by molar-refractivity contribution is 0.102. The fraction of sp³-hybridized carbons (Fsp3) is 0.0667. The van der Waals surface area contributed by atoms with Crippen LogP contribution in [0.25, 0.3) is 5.65 Å². The zero-order valence-corrected chi connectivity index (χ0v) is 12.4. The van der Waals surface area contributed by atoms with E-state index in [0.29, 0.717) is 5.56 Å². The van der Waals surface area contributed by atoms with Crippen LogP contribution in [0.4, 0.5) is 5.69 Å². The van der Waals surface area contributed by atoms with E-state index in [2.05, 4.69) is 26.2 Å². The van der Waals surface area contributed by atoms with Gasteiger partial charge >= 0.3 is 0 Å². The van der Waals surface area contributed by atoms with E-state index in [0.717, 1.165) is 21.5 Å². The van der Waals surface area contributed by atoms with E-state index in [-0.39, 0.29) is 5.91 Å². The summed E-state index contributed by atoms with van der Waals surface area (Å²) in [4.78, 5) is 16.4. The number of aryl methyl sites for hydroxylation is 1. The Morgan fingerprint density at radius 3 is 2.95 bits per heavy atom. The van der Waals surface area contributed by atoms with Crippen LogP contribution in [0.15, 0.2) is 53.4 Å². The molecule has 1 aromatic carbocycles. The van der Waals surface area contributed by atoms with Gasteiger partial charge in [-0.2, -0.15) is 0 Å². The second-order valence-corrected chi connectivity index (χ2v) is 5.36. The number of anilines is 1. The molecule has 0 fully saturated rings. The highest BCUT2D eigenvalue weighted by Gasteiger charge is 2.07. The lowest BCUT2D eigenvalue weighted by Gasteiger charge is -2.07. The van der Waals surface area contributed by atoms with Crippen molar-refractivity contribution in [1.29, 1.82) is 0 Å². The van der Waals surface area contributed by atoms with Crippen LogP contribution in [-0.4, -0.2) is 15.3 Å². The van der Waals surface area contributed by atoms with E-state index in [1.807, 2.05) is 47.9 Å². The summed E-state index contributed by atoms with van der Waals surface area (Å²) < 4.78 is 2.71. The zero-order chi connectivity index (χ0) is 14.1. The summed E-state index contributed by atoms with van der Waals surface area (Å²) in [5.41, 5.74) is 3.26. The van der Waals surface area contributed by atoms with Crippen LogP contribution in [-0.2, 0) is 0 Å². The Labute approximate surface area is 124 Å². The predicted molar refractivity (Wildman–Crippen MR) is 82.0 cm³/mol. The van der Waals surface area contributed by atoms with Crippen molar-refractivity contribution in [2.24, 2.45) is 0 Å². The van der Waals surface area contributed by atoms with Crippen LogP contribution in [0.1, 0.15) is 15.9 Å². The quantitative estimate of drug-likeness (QED) is 0.779. The number of carbonyl (C=O) groups is 1. The summed E-state index contributed by atoms with van der Waals surface area (Å²) >= 11 is 3.41. The van der Waals surface area contributed by atoms with Gasteiger partial charge in [-0.1, -0.05) is 17.7 Å². The van der Waals surface area contributed by atoms with E-state index in [1.54, 1.807) is 12.3 Å². The molecule has 3 rings (SSSR count). The number of pyridine rings is 1. The standard InChI is InChI=1S/C15H12BrN3O/c1-10-3-2-4-11(7-10)15(20)18-12-5-6-14-17-8-13(16)19(14)9-12/h2-9H,1H3,(H,18,20). The van der Waals surface area contributed by atoms with Gasteiger partial charge in [0.1, 0.15) is 10.3 Å². The lowest BCUT2D eigenvalue weighted by Crippen LogP contribution is -2.12. The monoisotopic (exact) mass is 329 g/mol. The number of hydrogen-bond acceptors (Lipinski definition) is 2. The fourth-order valence-electron chi connectivity index (χ4n) is 2.01. The molecular weight excluding hydrogens is 318 g/mol. The number of aromatic nitrogens is 2. The normalized spacial score (nSPS) is 10.7. The molecule has 1 N–H and O–H groups in total. The van der Waals surface area contributed by atoms with Gasteiger partial charge in [0.25, 0.3) is 5.91 Å². The largest absolute Gasteiger partial charge is 0.321 e. The number of imidazole rings is 1. The highest BCUT2D eigenvalue weighted by Crippen LogP contribution is 2.17. The summed E-state index contributed by atoms with van der Waals surface area (Å²) in [5, 5.41) is 2.89. The SMILES string of the molecule is Cc1cccc(C(=O)Nc2ccc3ncc(Br)n3c2)c1. The third kappa shape index (κ3) is 2.44. The molecule has 5 heteroatoms. The summed E-state index contributed by atoms with van der Waals surface area (Å²) in [6.45, 7) is 1.96. The lowest BCUT2D eigenvalue weighted by atomic mass is 10.1. The van der Waals surface area contributed by atoms with Crippen LogP contribution >= 0.6 is 15.9 Å². The Hall–Kier alpha value is -2.14. The summed E-state index contributed by atoms with van der Waals surface area (Å²) in [6, 6.07) is 11.2. The van der Waals surface area contributed by atoms with Crippen molar-refractivity contribution in [3.05, 3.63) is 64.5 Å². The van der Waals surface area contributed by atoms with Crippen molar-refractivity contribution < 1.29 is 4.79 Å². The Kier molecular flexibility index (Phi) is 3.28. The van der Waals surface area contributed by atoms with Gasteiger partial charge in [0.15, 0.2) is 0 Å². The van der Waals surface area contributed by atoms with Crippen molar-refractivity contribution >= 4 is 33.2 Å². The van der Waals surface area contributed by atoms with E-state index < -0.39 is 0 Å². The highest BCUT2D eigenvalue weighted by molar-refractivity contribution is 9.10. The number of fused-ring (bicyclic) bond motifs is 1. The van der Waals surface area contributed by atoms with Crippen molar-refractivity contribution in [2.45, 2.75) is 6.92 Å². The Morgan fingerprint density at radius 1 is 1.30 bits per heavy atom. The third-order valence-corrected chi connectivity index (χ3v) is 3.59. The molecule has 20 heavy (non-hydrogen) atoms. The molecule has 0 aliphatic carbocycles. The van der Waals surface area contributed by atoms with Gasteiger partial charge in [-0.3, -0.25) is 9.20 Å². The molecule has 0 aliphatic heterocycles. The number of amides is 1. The van der Waals surface area contributed by atoms with Gasteiger partial charge in [-0.25, -0.2) is 4.98 Å². The maximum atomic E-state index is 12.2. The van der Waals surface area contributed by atoms with Crippen molar-refractivity contribution in [2.75, 3.05) is 5.32 Å². The first-order valence-corrected chi connectivity index (χ1v) is 6.93. The van der Waals surface area contributed by atoms with Crippen LogP contribution in [0.3, 0.4) is 0 Å². The average Bonchev–Trinajstić information content (AvgIpc) is 2.80. The second kappa shape index (κ2) is 5.09. The minimum atomic E-state index is -0.121. The molecule has 100 valence electrons. The predicted octanol–water partition coefficient (Wildman–Crippen LogP) is 3.66. The molecular formula is C15H12BrN3O. The van der Waals surface area contributed by atoms with Crippen LogP contribution in [0.2, 0.25) is 0 Å². The molecule has 2 heterocycles. The maximum absolute atomic E-state index is 12.2. The Bertz CT molecular complexity index is 795. The van der Waals surface area contributed by atoms with Gasteiger partial charge in [-0.15, -0.1) is 0 Å². The molecule has 0 saturated carbocycles. The van der Waals surface area contributed by atoms with Gasteiger partial charge in [-0.05, 0) is 47.1 Å². The first-order valence-electron chi connectivity index (χ1n) is 6.14. The summed E-state index contributed by atoms with van der Waals surface area (Å²) in [6.07, 6.45) is 3.56. The van der Waals surface area contributed by atoms with E-state index in [4.69, 9.17) is 0 Å². The zero-order valence-electron chi connectivity index (χ0n) is 10.8. The molecule has 0 spiro atoms. The summed E-state index contributed by atoms with van der Waals surface area (Å²) in [7, 11) is 0. The minimum Gasteiger partial charge on any atom is -0.321 e. The molecule has 1 amide bonds. The third-order valence-electron chi connectivity index (χ3n) is 3.00. The van der Waals surface area contributed by atoms with Crippen molar-refractivity contribution in [1.82, 2.24) is 9.38 Å². The highest BCUT2D eigenvalue weighted by atomic mass is 79.9. The molecule has 0 radical (unpaired) electrons. The topological polar surface area (TPSA) is 46.4 Å².